The second kappa shape index (κ2) is 9.63. The average molecular weight is 426 g/mol. The molecule has 0 saturated carbocycles. The summed E-state index contributed by atoms with van der Waals surface area (Å²) in [5.74, 6) is -0.490. The number of hydrogen-bond acceptors (Lipinski definition) is 4. The molecule has 5 nitrogen and oxygen atoms in total. The van der Waals surface area contributed by atoms with E-state index in [0.29, 0.717) is 23.4 Å². The number of halogens is 1. The van der Waals surface area contributed by atoms with Crippen LogP contribution in [0.3, 0.4) is 0 Å². The van der Waals surface area contributed by atoms with Crippen LogP contribution in [0.2, 0.25) is 0 Å². The molecule has 30 heavy (non-hydrogen) atoms. The summed E-state index contributed by atoms with van der Waals surface area (Å²) < 4.78 is 13.1. The van der Waals surface area contributed by atoms with Crippen molar-refractivity contribution in [1.29, 1.82) is 0 Å². The van der Waals surface area contributed by atoms with E-state index in [1.165, 1.54) is 23.5 Å². The first-order valence-electron chi connectivity index (χ1n) is 9.77. The van der Waals surface area contributed by atoms with E-state index in [9.17, 15) is 14.0 Å². The van der Waals surface area contributed by atoms with Gasteiger partial charge in [0.15, 0.2) is 0 Å². The topological polar surface area (TPSA) is 71.1 Å². The summed E-state index contributed by atoms with van der Waals surface area (Å²) in [4.78, 5) is 29.3. The molecular weight excluding hydrogens is 401 g/mol. The second-order valence-electron chi connectivity index (χ2n) is 7.04. The van der Waals surface area contributed by atoms with E-state index in [2.05, 4.69) is 15.6 Å². The van der Waals surface area contributed by atoms with Crippen molar-refractivity contribution in [3.63, 3.8) is 0 Å². The SMILES string of the molecule is CCC(=O)Nc1ccc(C(C)NC(=O)c2sc(Cc3ccc(F)cc3)nc2C)cc1. The molecule has 0 spiro atoms. The number of carbonyl (C=O) groups excluding carboxylic acids is 2. The number of rotatable bonds is 7. The third-order valence-corrected chi connectivity index (χ3v) is 5.84. The molecular formula is C23H24FN3O2S. The Morgan fingerprint density at radius 1 is 1.10 bits per heavy atom. The van der Waals surface area contributed by atoms with Crippen LogP contribution in [0.4, 0.5) is 10.1 Å². The molecule has 1 aromatic heterocycles. The van der Waals surface area contributed by atoms with E-state index >= 15 is 0 Å². The third-order valence-electron chi connectivity index (χ3n) is 4.68. The number of anilines is 1. The van der Waals surface area contributed by atoms with E-state index in [-0.39, 0.29) is 23.7 Å². The van der Waals surface area contributed by atoms with Crippen LogP contribution in [0.15, 0.2) is 48.5 Å². The largest absolute Gasteiger partial charge is 0.345 e. The van der Waals surface area contributed by atoms with Gasteiger partial charge in [0, 0.05) is 18.5 Å². The smallest absolute Gasteiger partial charge is 0.263 e. The maximum atomic E-state index is 13.1. The molecule has 156 valence electrons. The van der Waals surface area contributed by atoms with E-state index in [4.69, 9.17) is 0 Å². The molecule has 2 aromatic carbocycles. The summed E-state index contributed by atoms with van der Waals surface area (Å²) in [6, 6.07) is 13.5. The van der Waals surface area contributed by atoms with Gasteiger partial charge in [-0.3, -0.25) is 9.59 Å². The van der Waals surface area contributed by atoms with Gasteiger partial charge in [-0.05, 0) is 49.2 Å². The van der Waals surface area contributed by atoms with Gasteiger partial charge in [0.1, 0.15) is 10.7 Å². The molecule has 3 rings (SSSR count). The van der Waals surface area contributed by atoms with Gasteiger partial charge in [-0.25, -0.2) is 9.37 Å². The number of thiazole rings is 1. The minimum Gasteiger partial charge on any atom is -0.345 e. The first-order valence-corrected chi connectivity index (χ1v) is 10.6. The van der Waals surface area contributed by atoms with Crippen LogP contribution < -0.4 is 10.6 Å². The normalized spacial score (nSPS) is 11.7. The molecule has 0 aliphatic heterocycles. The van der Waals surface area contributed by atoms with E-state index in [0.717, 1.165) is 21.8 Å². The van der Waals surface area contributed by atoms with Crippen LogP contribution in [0.5, 0.6) is 0 Å². The molecule has 0 fully saturated rings. The van der Waals surface area contributed by atoms with Crippen molar-refractivity contribution in [1.82, 2.24) is 10.3 Å². The lowest BCUT2D eigenvalue weighted by molar-refractivity contribution is -0.115. The number of carbonyl (C=O) groups is 2. The Balaban J connectivity index is 1.64. The highest BCUT2D eigenvalue weighted by molar-refractivity contribution is 7.13. The van der Waals surface area contributed by atoms with Gasteiger partial charge < -0.3 is 10.6 Å². The highest BCUT2D eigenvalue weighted by atomic mass is 32.1. The highest BCUT2D eigenvalue weighted by Crippen LogP contribution is 2.23. The molecule has 1 unspecified atom stereocenters. The Labute approximate surface area is 179 Å². The van der Waals surface area contributed by atoms with Crippen LogP contribution >= 0.6 is 11.3 Å². The molecule has 1 heterocycles. The zero-order valence-corrected chi connectivity index (χ0v) is 18.0. The molecule has 0 aliphatic carbocycles. The van der Waals surface area contributed by atoms with Gasteiger partial charge in [-0.15, -0.1) is 11.3 Å². The van der Waals surface area contributed by atoms with Crippen molar-refractivity contribution >= 4 is 28.8 Å². The number of nitrogens with one attached hydrogen (secondary N) is 2. The molecule has 0 saturated heterocycles. The lowest BCUT2D eigenvalue weighted by Gasteiger charge is -2.14. The second-order valence-corrected chi connectivity index (χ2v) is 8.13. The number of benzene rings is 2. The molecule has 0 bridgehead atoms. The first kappa shape index (κ1) is 21.6. The van der Waals surface area contributed by atoms with Crippen molar-refractivity contribution in [3.8, 4) is 0 Å². The van der Waals surface area contributed by atoms with Crippen LogP contribution in [0.1, 0.15) is 57.8 Å². The Hall–Kier alpha value is -3.06. The van der Waals surface area contributed by atoms with E-state index < -0.39 is 0 Å². The Morgan fingerprint density at radius 3 is 2.40 bits per heavy atom. The minimum absolute atomic E-state index is 0.0405. The fourth-order valence-electron chi connectivity index (χ4n) is 2.97. The third kappa shape index (κ3) is 5.51. The Kier molecular flexibility index (Phi) is 6.95. The van der Waals surface area contributed by atoms with E-state index in [1.807, 2.05) is 38.1 Å². The lowest BCUT2D eigenvalue weighted by Crippen LogP contribution is -2.26. The average Bonchev–Trinajstić information content (AvgIpc) is 3.10. The molecule has 0 aliphatic rings. The molecule has 1 atom stereocenters. The summed E-state index contributed by atoms with van der Waals surface area (Å²) in [5, 5.41) is 6.62. The zero-order valence-electron chi connectivity index (χ0n) is 17.2. The molecule has 2 amide bonds. The first-order chi connectivity index (χ1) is 14.4. The summed E-state index contributed by atoms with van der Waals surface area (Å²) in [5.41, 5.74) is 3.29. The van der Waals surface area contributed by atoms with Gasteiger partial charge in [0.2, 0.25) is 5.91 Å². The maximum Gasteiger partial charge on any atom is 0.263 e. The van der Waals surface area contributed by atoms with Gasteiger partial charge in [0.25, 0.3) is 5.91 Å². The molecule has 2 N–H and O–H groups in total. The number of amides is 2. The van der Waals surface area contributed by atoms with Crippen molar-refractivity contribution in [2.75, 3.05) is 5.32 Å². The summed E-state index contributed by atoms with van der Waals surface area (Å²) >= 11 is 1.35. The summed E-state index contributed by atoms with van der Waals surface area (Å²) in [7, 11) is 0. The van der Waals surface area contributed by atoms with Crippen LogP contribution in [0, 0.1) is 12.7 Å². The van der Waals surface area contributed by atoms with Crippen LogP contribution in [-0.2, 0) is 11.2 Å². The fourth-order valence-corrected chi connectivity index (χ4v) is 3.97. The number of aryl methyl sites for hydroxylation is 1. The van der Waals surface area contributed by atoms with Crippen LogP contribution in [0.25, 0.3) is 0 Å². The van der Waals surface area contributed by atoms with Crippen molar-refractivity contribution < 1.29 is 14.0 Å². The van der Waals surface area contributed by atoms with Crippen LogP contribution in [-0.4, -0.2) is 16.8 Å². The lowest BCUT2D eigenvalue weighted by atomic mass is 10.1. The Bertz CT molecular complexity index is 1030. The minimum atomic E-state index is -0.274. The van der Waals surface area contributed by atoms with Gasteiger partial charge in [-0.2, -0.15) is 0 Å². The van der Waals surface area contributed by atoms with Gasteiger partial charge >= 0.3 is 0 Å². The maximum absolute atomic E-state index is 13.1. The predicted molar refractivity (Wildman–Crippen MR) is 117 cm³/mol. The quantitative estimate of drug-likeness (QED) is 0.558. The van der Waals surface area contributed by atoms with Gasteiger partial charge in [-0.1, -0.05) is 31.2 Å². The summed E-state index contributed by atoms with van der Waals surface area (Å²) in [6.45, 7) is 5.52. The standard InChI is InChI=1S/C23H24FN3O2S/c1-4-20(28)27-19-11-7-17(8-12-19)14(2)26-23(29)22-15(3)25-21(30-22)13-16-5-9-18(24)10-6-16/h5-12,14H,4,13H2,1-3H3,(H,26,29)(H,27,28). The molecule has 3 aromatic rings. The van der Waals surface area contributed by atoms with Gasteiger partial charge in [0.05, 0.1) is 16.7 Å². The zero-order chi connectivity index (χ0) is 21.7. The van der Waals surface area contributed by atoms with Crippen molar-refractivity contribution in [2.45, 2.75) is 39.7 Å². The van der Waals surface area contributed by atoms with Crippen molar-refractivity contribution in [2.24, 2.45) is 0 Å². The summed E-state index contributed by atoms with van der Waals surface area (Å²) in [6.07, 6.45) is 0.977. The number of hydrogen-bond donors (Lipinski definition) is 2. The highest BCUT2D eigenvalue weighted by Gasteiger charge is 2.18. The number of aromatic nitrogens is 1. The fraction of sp³-hybridized carbons (Fsp3) is 0.261. The van der Waals surface area contributed by atoms with Crippen molar-refractivity contribution in [3.05, 3.63) is 81.1 Å². The molecule has 0 radical (unpaired) electrons. The van der Waals surface area contributed by atoms with E-state index in [1.54, 1.807) is 19.1 Å². The number of nitrogens with zero attached hydrogens (tertiary/aromatic N) is 1. The Morgan fingerprint density at radius 2 is 1.77 bits per heavy atom. The predicted octanol–water partition coefficient (Wildman–Crippen LogP) is 5.02. The monoisotopic (exact) mass is 425 g/mol. The molecule has 7 heteroatoms.